The minimum atomic E-state index is -0.879. The fraction of sp³-hybridized carbons (Fsp3) is 0. The molecule has 0 bridgehead atoms. The molecule has 0 aliphatic carbocycles. The first-order valence-electron chi connectivity index (χ1n) is 3.68. The van der Waals surface area contributed by atoms with Crippen molar-refractivity contribution in [3.63, 3.8) is 0 Å². The Morgan fingerprint density at radius 2 is 2.00 bits per heavy atom. The van der Waals surface area contributed by atoms with Crippen molar-refractivity contribution in [2.24, 2.45) is 0 Å². The van der Waals surface area contributed by atoms with Crippen LogP contribution in [0.3, 0.4) is 0 Å². The Balaban J connectivity index is 0.000000280. The van der Waals surface area contributed by atoms with Crippen LogP contribution in [0.15, 0.2) is 30.3 Å². The van der Waals surface area contributed by atoms with E-state index in [-0.39, 0.29) is 19.5 Å². The van der Waals surface area contributed by atoms with Crippen molar-refractivity contribution in [1.82, 2.24) is 20.6 Å². The molecule has 0 aliphatic rings. The summed E-state index contributed by atoms with van der Waals surface area (Å²) >= 11 is 0. The number of rotatable bonds is 1. The molecule has 0 spiro atoms. The summed E-state index contributed by atoms with van der Waals surface area (Å²) in [5.41, 5.74) is 0.331. The Morgan fingerprint density at radius 3 is 2.27 bits per heavy atom. The molecular weight excluding hydrogens is 250 g/mol. The van der Waals surface area contributed by atoms with Crippen LogP contribution in [0, 0.1) is 6.33 Å². The number of carboxylic acids is 1. The molecule has 0 aliphatic heterocycles. The molecule has 74 valence electrons. The quantitative estimate of drug-likeness (QED) is 0.568. The summed E-state index contributed by atoms with van der Waals surface area (Å²) in [4.78, 5) is 10.2. The second-order valence-electron chi connectivity index (χ2n) is 2.18. The normalized spacial score (nSPS) is 8.00. The van der Waals surface area contributed by atoms with Crippen LogP contribution >= 0.6 is 0 Å². The molecule has 2 aromatic rings. The van der Waals surface area contributed by atoms with Crippen LogP contribution in [-0.2, 0) is 19.5 Å². The molecule has 1 aromatic carbocycles. The fourth-order valence-corrected chi connectivity index (χ4v) is 0.693. The van der Waals surface area contributed by atoms with Gasteiger partial charge in [0.15, 0.2) is 0 Å². The molecule has 1 heterocycles. The fourth-order valence-electron chi connectivity index (χ4n) is 0.693. The average molecular weight is 257 g/mol. The van der Waals surface area contributed by atoms with Crippen LogP contribution in [0.25, 0.3) is 0 Å². The van der Waals surface area contributed by atoms with E-state index in [4.69, 9.17) is 5.11 Å². The van der Waals surface area contributed by atoms with Crippen LogP contribution in [0.5, 0.6) is 0 Å². The number of hydrogen-bond donors (Lipinski definition) is 2. The van der Waals surface area contributed by atoms with Crippen molar-refractivity contribution in [3.8, 4) is 0 Å². The van der Waals surface area contributed by atoms with Crippen molar-refractivity contribution in [3.05, 3.63) is 42.2 Å². The molecule has 2 rings (SSSR count). The molecule has 0 saturated heterocycles. The number of H-pyrrole nitrogens is 1. The van der Waals surface area contributed by atoms with Gasteiger partial charge in [-0.3, -0.25) is 0 Å². The van der Waals surface area contributed by atoms with E-state index in [1.54, 1.807) is 30.3 Å². The SMILES string of the molecule is O=C(O)c1ccccc1.[Zn].[c-]1nn[nH]n1. The Kier molecular flexibility index (Phi) is 6.92. The van der Waals surface area contributed by atoms with Crippen LogP contribution in [-0.4, -0.2) is 31.7 Å². The predicted molar refractivity (Wildman–Crippen MR) is 46.4 cm³/mol. The van der Waals surface area contributed by atoms with Crippen LogP contribution in [0.4, 0.5) is 0 Å². The molecule has 0 fully saturated rings. The molecular formula is C8H7N4O2Zn-. The largest absolute Gasteiger partial charge is 0.478 e. The summed E-state index contributed by atoms with van der Waals surface area (Å²) in [6.45, 7) is 0. The van der Waals surface area contributed by atoms with E-state index >= 15 is 0 Å². The van der Waals surface area contributed by atoms with Gasteiger partial charge >= 0.3 is 5.97 Å². The Morgan fingerprint density at radius 1 is 1.33 bits per heavy atom. The predicted octanol–water partition coefficient (Wildman–Crippen LogP) is 0.382. The topological polar surface area (TPSA) is 91.8 Å². The Bertz CT molecular complexity index is 348. The summed E-state index contributed by atoms with van der Waals surface area (Å²) in [5.74, 6) is -0.879. The maximum absolute atomic E-state index is 10.2. The van der Waals surface area contributed by atoms with Gasteiger partial charge in [0, 0.05) is 19.5 Å². The third-order valence-corrected chi connectivity index (χ3v) is 1.26. The van der Waals surface area contributed by atoms with Gasteiger partial charge in [-0.2, -0.15) is 0 Å². The number of aromatic nitrogens is 4. The monoisotopic (exact) mass is 255 g/mol. The van der Waals surface area contributed by atoms with Crippen molar-refractivity contribution in [1.29, 1.82) is 0 Å². The van der Waals surface area contributed by atoms with Gasteiger partial charge in [-0.05, 0) is 12.1 Å². The summed E-state index contributed by atoms with van der Waals surface area (Å²) < 4.78 is 0. The summed E-state index contributed by atoms with van der Waals surface area (Å²) in [6.07, 6.45) is 2.19. The van der Waals surface area contributed by atoms with Gasteiger partial charge in [0.1, 0.15) is 0 Å². The molecule has 2 N–H and O–H groups in total. The van der Waals surface area contributed by atoms with E-state index in [1.165, 1.54) is 0 Å². The zero-order valence-electron chi connectivity index (χ0n) is 7.79. The van der Waals surface area contributed by atoms with E-state index in [1.807, 2.05) is 0 Å². The van der Waals surface area contributed by atoms with Gasteiger partial charge < -0.3 is 15.3 Å². The van der Waals surface area contributed by atoms with Gasteiger partial charge in [-0.25, -0.2) is 16.3 Å². The third kappa shape index (κ3) is 5.64. The molecule has 15 heavy (non-hydrogen) atoms. The number of benzene rings is 1. The molecule has 6 nitrogen and oxygen atoms in total. The number of nitrogens with zero attached hydrogens (tertiary/aromatic N) is 3. The molecule has 1 aromatic heterocycles. The minimum absolute atomic E-state index is 0. The zero-order valence-corrected chi connectivity index (χ0v) is 10.8. The average Bonchev–Trinajstić information content (AvgIpc) is 2.77. The van der Waals surface area contributed by atoms with Crippen molar-refractivity contribution >= 4 is 5.97 Å². The number of nitrogens with one attached hydrogen (secondary N) is 1. The van der Waals surface area contributed by atoms with E-state index in [0.717, 1.165) is 0 Å². The maximum atomic E-state index is 10.2. The first-order chi connectivity index (χ1) is 6.80. The molecule has 0 amide bonds. The molecule has 0 atom stereocenters. The van der Waals surface area contributed by atoms with Gasteiger partial charge in [0.05, 0.1) is 5.56 Å². The first kappa shape index (κ1) is 13.4. The smallest absolute Gasteiger partial charge is 0.335 e. The number of tetrazole rings is 1. The summed E-state index contributed by atoms with van der Waals surface area (Å²) in [6, 6.07) is 8.30. The number of carboxylic acid groups (broad SMARTS) is 1. The second kappa shape index (κ2) is 7.76. The molecule has 7 heteroatoms. The van der Waals surface area contributed by atoms with Crippen LogP contribution < -0.4 is 0 Å². The van der Waals surface area contributed by atoms with Crippen LogP contribution in [0.1, 0.15) is 10.4 Å². The molecule has 0 unspecified atom stereocenters. The summed E-state index contributed by atoms with van der Waals surface area (Å²) in [5, 5.41) is 20.2. The number of aromatic carboxylic acids is 1. The maximum Gasteiger partial charge on any atom is 0.335 e. The van der Waals surface area contributed by atoms with E-state index in [0.29, 0.717) is 5.56 Å². The van der Waals surface area contributed by atoms with Crippen molar-refractivity contribution in [2.45, 2.75) is 0 Å². The minimum Gasteiger partial charge on any atom is -0.478 e. The molecule has 0 saturated carbocycles. The van der Waals surface area contributed by atoms with Gasteiger partial charge in [-0.1, -0.05) is 23.4 Å². The first-order valence-corrected chi connectivity index (χ1v) is 3.68. The van der Waals surface area contributed by atoms with E-state index in [2.05, 4.69) is 27.0 Å². The van der Waals surface area contributed by atoms with Gasteiger partial charge in [0.2, 0.25) is 0 Å². The number of hydrogen-bond acceptors (Lipinski definition) is 4. The van der Waals surface area contributed by atoms with Crippen LogP contribution in [0.2, 0.25) is 0 Å². The Labute approximate surface area is 98.5 Å². The van der Waals surface area contributed by atoms with E-state index < -0.39 is 5.97 Å². The van der Waals surface area contributed by atoms with Crippen molar-refractivity contribution in [2.75, 3.05) is 0 Å². The van der Waals surface area contributed by atoms with E-state index in [9.17, 15) is 4.79 Å². The number of carbonyl (C=O) groups is 1. The zero-order chi connectivity index (χ0) is 10.2. The van der Waals surface area contributed by atoms with Gasteiger partial charge in [-0.15, -0.1) is 0 Å². The van der Waals surface area contributed by atoms with Crippen molar-refractivity contribution < 1.29 is 29.4 Å². The summed E-state index contributed by atoms with van der Waals surface area (Å²) in [7, 11) is 0. The third-order valence-electron chi connectivity index (χ3n) is 1.26. The standard InChI is InChI=1S/C7H6O2.CHN4.Zn/c8-7(9)6-4-2-1-3-5-6;1-2-4-5-3-1;/h1-5H,(H,8,9);(H,2,3,4,5);/q;-1;. The molecule has 0 radical (unpaired) electrons. The number of aromatic amines is 1. The van der Waals surface area contributed by atoms with Gasteiger partial charge in [0.25, 0.3) is 0 Å². The Hall–Kier alpha value is -1.62. The second-order valence-corrected chi connectivity index (χ2v) is 2.18.